The smallest absolute Gasteiger partial charge is 0.335 e. The summed E-state index contributed by atoms with van der Waals surface area (Å²) in [4.78, 5) is 37.4. The van der Waals surface area contributed by atoms with Crippen LogP contribution in [0, 0.1) is 16.7 Å². The first-order valence-corrected chi connectivity index (χ1v) is 13.8. The molecule has 40 heavy (non-hydrogen) atoms. The minimum Gasteiger partial charge on any atom is -0.479 e. The number of carboxylic acid groups (broad SMARTS) is 1. The van der Waals surface area contributed by atoms with Gasteiger partial charge in [0.15, 0.2) is 17.1 Å². The van der Waals surface area contributed by atoms with Crippen molar-refractivity contribution in [2.45, 2.75) is 82.0 Å². The number of aromatic amines is 1. The standard InChI is InChI=1S/C27H37B4N5O4/c1-24(2)12-27(30,31)17(18(28)20(24)29)19-16(36-22(37)21-33-11-14(10-32)34-21)7-6-15(35-19)13-8-25(3,4)40-26(5,9-13)23(38)39/h6-7,11,13,20H,8-9,12,28-31H2,1-5H3,(H,33,34)(H,36,37)(H,38,39). The number of ether oxygens (including phenoxy) is 1. The van der Waals surface area contributed by atoms with Gasteiger partial charge in [-0.1, -0.05) is 31.3 Å². The van der Waals surface area contributed by atoms with Crippen LogP contribution in [-0.2, 0) is 9.53 Å². The number of aromatic nitrogens is 3. The molecule has 1 aliphatic heterocycles. The van der Waals surface area contributed by atoms with Crippen LogP contribution in [-0.4, -0.2) is 74.5 Å². The number of H-pyrrole nitrogens is 1. The van der Waals surface area contributed by atoms with Gasteiger partial charge in [0, 0.05) is 17.8 Å². The average molecular weight is 539 g/mol. The number of amides is 1. The molecule has 4 rings (SSSR count). The Balaban J connectivity index is 1.86. The van der Waals surface area contributed by atoms with E-state index < -0.39 is 23.1 Å². The molecule has 1 amide bonds. The van der Waals surface area contributed by atoms with Gasteiger partial charge < -0.3 is 20.1 Å². The first kappa shape index (κ1) is 29.7. The number of carbonyl (C=O) groups is 2. The highest BCUT2D eigenvalue weighted by Crippen LogP contribution is 2.58. The van der Waals surface area contributed by atoms with Crippen molar-refractivity contribution in [2.75, 3.05) is 5.32 Å². The van der Waals surface area contributed by atoms with E-state index in [1.54, 1.807) is 6.92 Å². The molecule has 0 radical (unpaired) electrons. The fraction of sp³-hybridized carbons (Fsp3) is 0.519. The lowest BCUT2D eigenvalue weighted by atomic mass is 9.37. The zero-order valence-electron chi connectivity index (χ0n) is 25.0. The van der Waals surface area contributed by atoms with Crippen LogP contribution < -0.4 is 5.32 Å². The molecule has 13 heteroatoms. The van der Waals surface area contributed by atoms with Gasteiger partial charge in [-0.3, -0.25) is 9.78 Å². The maximum absolute atomic E-state index is 13.2. The van der Waals surface area contributed by atoms with Crippen molar-refractivity contribution >= 4 is 54.5 Å². The lowest BCUT2D eigenvalue weighted by Crippen LogP contribution is -2.51. The molecular formula is C27H37B4N5O4. The molecule has 3 heterocycles. The third-order valence-corrected chi connectivity index (χ3v) is 8.85. The van der Waals surface area contributed by atoms with Gasteiger partial charge >= 0.3 is 5.97 Å². The number of aliphatic carboxylic acids is 1. The van der Waals surface area contributed by atoms with Crippen molar-refractivity contribution in [3.05, 3.63) is 46.7 Å². The molecule has 3 atom stereocenters. The summed E-state index contributed by atoms with van der Waals surface area (Å²) < 4.78 is 6.02. The second kappa shape index (κ2) is 9.99. The predicted octanol–water partition coefficient (Wildman–Crippen LogP) is 1.02. The monoisotopic (exact) mass is 539 g/mol. The zero-order valence-corrected chi connectivity index (χ0v) is 25.0. The molecule has 1 fully saturated rings. The van der Waals surface area contributed by atoms with E-state index in [1.807, 2.05) is 32.0 Å². The van der Waals surface area contributed by atoms with Crippen molar-refractivity contribution in [3.8, 4) is 6.07 Å². The lowest BCUT2D eigenvalue weighted by Gasteiger charge is -2.48. The summed E-state index contributed by atoms with van der Waals surface area (Å²) in [7, 11) is 8.81. The number of carbonyl (C=O) groups excluding carboxylic acids is 1. The molecule has 0 aromatic carbocycles. The van der Waals surface area contributed by atoms with Crippen molar-refractivity contribution in [1.82, 2.24) is 15.0 Å². The van der Waals surface area contributed by atoms with Crippen LogP contribution in [0.2, 0.25) is 11.0 Å². The van der Waals surface area contributed by atoms with Crippen LogP contribution in [0.3, 0.4) is 0 Å². The largest absolute Gasteiger partial charge is 0.479 e. The van der Waals surface area contributed by atoms with Crippen LogP contribution in [0.4, 0.5) is 5.69 Å². The molecule has 2 aromatic rings. The molecular weight excluding hydrogens is 502 g/mol. The number of hydrogen-bond donors (Lipinski definition) is 3. The molecule has 2 aromatic heterocycles. The quantitative estimate of drug-likeness (QED) is 0.483. The van der Waals surface area contributed by atoms with Crippen molar-refractivity contribution < 1.29 is 19.4 Å². The van der Waals surface area contributed by atoms with E-state index in [0.717, 1.165) is 17.7 Å². The van der Waals surface area contributed by atoms with E-state index in [4.69, 9.17) is 15.0 Å². The number of pyridine rings is 1. The zero-order chi connectivity index (χ0) is 29.8. The first-order valence-electron chi connectivity index (χ1n) is 13.8. The van der Waals surface area contributed by atoms with E-state index in [9.17, 15) is 14.7 Å². The number of nitrogens with zero attached hydrogens (tertiary/aromatic N) is 3. The van der Waals surface area contributed by atoms with Crippen molar-refractivity contribution in [3.63, 3.8) is 0 Å². The summed E-state index contributed by atoms with van der Waals surface area (Å²) in [6, 6.07) is 5.65. The summed E-state index contributed by atoms with van der Waals surface area (Å²) >= 11 is 0. The number of carboxylic acids is 1. The Morgan fingerprint density at radius 1 is 1.18 bits per heavy atom. The van der Waals surface area contributed by atoms with Crippen molar-refractivity contribution in [1.29, 1.82) is 5.26 Å². The number of rotatable bonds is 5. The molecule has 9 nitrogen and oxygen atoms in total. The Morgan fingerprint density at radius 2 is 1.85 bits per heavy atom. The van der Waals surface area contributed by atoms with Crippen LogP contribution in [0.5, 0.6) is 0 Å². The summed E-state index contributed by atoms with van der Waals surface area (Å²) in [5.41, 5.74) is 2.52. The van der Waals surface area contributed by atoms with Gasteiger partial charge in [0.25, 0.3) is 5.91 Å². The molecule has 0 bridgehead atoms. The fourth-order valence-corrected chi connectivity index (χ4v) is 7.06. The second-order valence-electron chi connectivity index (χ2n) is 13.7. The topological polar surface area (TPSA) is 141 Å². The fourth-order valence-electron chi connectivity index (χ4n) is 7.06. The van der Waals surface area contributed by atoms with E-state index in [2.05, 4.69) is 60.5 Å². The maximum atomic E-state index is 13.2. The van der Waals surface area contributed by atoms with Crippen LogP contribution in [0.1, 0.15) is 87.5 Å². The minimum atomic E-state index is -1.34. The molecule has 3 unspecified atom stereocenters. The predicted molar refractivity (Wildman–Crippen MR) is 165 cm³/mol. The minimum absolute atomic E-state index is 0.0399. The van der Waals surface area contributed by atoms with Crippen LogP contribution in [0.25, 0.3) is 5.57 Å². The third-order valence-electron chi connectivity index (χ3n) is 8.85. The summed E-state index contributed by atoms with van der Waals surface area (Å²) in [5, 5.41) is 21.8. The normalized spacial score (nSPS) is 27.0. The number of anilines is 1. The number of nitrogens with one attached hydrogen (secondary N) is 2. The van der Waals surface area contributed by atoms with Crippen LogP contribution in [0.15, 0.2) is 23.8 Å². The number of hydrogen-bond acceptors (Lipinski definition) is 6. The Bertz CT molecular complexity index is 1440. The summed E-state index contributed by atoms with van der Waals surface area (Å²) in [6.45, 7) is 10.0. The maximum Gasteiger partial charge on any atom is 0.335 e. The molecule has 1 saturated heterocycles. The van der Waals surface area contributed by atoms with E-state index in [-0.39, 0.29) is 40.3 Å². The van der Waals surface area contributed by atoms with Gasteiger partial charge in [-0.2, -0.15) is 5.26 Å². The van der Waals surface area contributed by atoms with E-state index >= 15 is 0 Å². The Labute approximate surface area is 239 Å². The molecule has 206 valence electrons. The van der Waals surface area contributed by atoms with E-state index in [0.29, 0.717) is 17.8 Å². The SMILES string of the molecule is BC1=C(c2nc(C3CC(C)(C)OC(C)(C(=O)O)C3)ccc2NC(=O)c2nc(C#N)c[nH]2)C(B)(B)CC(C)(C)C1B. The Kier molecular flexibility index (Phi) is 7.42. The van der Waals surface area contributed by atoms with Gasteiger partial charge in [-0.25, -0.2) is 9.78 Å². The molecule has 2 aliphatic rings. The Morgan fingerprint density at radius 3 is 2.45 bits per heavy atom. The molecule has 1 aliphatic carbocycles. The average Bonchev–Trinajstić information content (AvgIpc) is 3.31. The number of imidazole rings is 1. The van der Waals surface area contributed by atoms with Gasteiger partial charge in [0.2, 0.25) is 0 Å². The van der Waals surface area contributed by atoms with Gasteiger partial charge in [-0.15, -0.1) is 5.47 Å². The highest BCUT2D eigenvalue weighted by Gasteiger charge is 2.48. The van der Waals surface area contributed by atoms with Gasteiger partial charge in [0.05, 0.1) is 17.0 Å². The summed E-state index contributed by atoms with van der Waals surface area (Å²) in [5.74, 6) is -1.29. The Hall–Kier alpha value is -3.25. The highest BCUT2D eigenvalue weighted by molar-refractivity contribution is 6.49. The number of nitriles is 1. The van der Waals surface area contributed by atoms with E-state index in [1.165, 1.54) is 11.7 Å². The number of allylic oxidation sites excluding steroid dienone is 2. The third kappa shape index (κ3) is 5.51. The van der Waals surface area contributed by atoms with Crippen LogP contribution >= 0.6 is 0 Å². The second-order valence-corrected chi connectivity index (χ2v) is 13.7. The van der Waals surface area contributed by atoms with Gasteiger partial charge in [0.1, 0.15) is 37.5 Å². The molecule has 0 saturated carbocycles. The first-order chi connectivity index (χ1) is 18.4. The van der Waals surface area contributed by atoms with Gasteiger partial charge in [-0.05, 0) is 56.7 Å². The molecule has 0 spiro atoms. The summed E-state index contributed by atoms with van der Waals surface area (Å²) in [6.07, 6.45) is 3.22. The molecule has 3 N–H and O–H groups in total. The highest BCUT2D eigenvalue weighted by atomic mass is 16.5. The van der Waals surface area contributed by atoms with Crippen molar-refractivity contribution in [2.24, 2.45) is 5.41 Å². The lowest BCUT2D eigenvalue weighted by molar-refractivity contribution is -0.200.